The van der Waals surface area contributed by atoms with E-state index in [9.17, 15) is 19.5 Å². The topological polar surface area (TPSA) is 111 Å². The Morgan fingerprint density at radius 2 is 1.78 bits per heavy atom. The summed E-state index contributed by atoms with van der Waals surface area (Å²) < 4.78 is 13.6. The predicted molar refractivity (Wildman–Crippen MR) is 177 cm³/mol. The first-order valence-electron chi connectivity index (χ1n) is 15.0. The molecule has 0 saturated carbocycles. The fourth-order valence-electron chi connectivity index (χ4n) is 5.60. The number of hydrogen-bond donors (Lipinski definition) is 1. The molecule has 232 valence electrons. The lowest BCUT2D eigenvalue weighted by atomic mass is 9.91. The SMILES string of the molecule is CCOC(=O)C1=C(c2ccccc2)N=c2s/c(=C\c3ccc(-c4ccc(C(=O)O)cc4C)o3)c(=O)n2[C@@H]1c1ccc(C(C)C)cc1. The second kappa shape index (κ2) is 12.6. The molecule has 0 radical (unpaired) electrons. The van der Waals surface area contributed by atoms with Gasteiger partial charge in [-0.3, -0.25) is 9.36 Å². The first-order chi connectivity index (χ1) is 22.2. The van der Waals surface area contributed by atoms with Crippen molar-refractivity contribution in [3.05, 3.63) is 144 Å². The van der Waals surface area contributed by atoms with Crippen molar-refractivity contribution >= 4 is 35.0 Å². The number of aromatic nitrogens is 1. The number of carbonyl (C=O) groups excluding carboxylic acids is 1. The fraction of sp³-hybridized carbons (Fsp3) is 0.189. The number of benzene rings is 3. The van der Waals surface area contributed by atoms with E-state index in [1.807, 2.05) is 61.5 Å². The molecular formula is C37H32N2O6S. The highest BCUT2D eigenvalue weighted by Crippen LogP contribution is 2.35. The van der Waals surface area contributed by atoms with Crippen molar-refractivity contribution in [3.63, 3.8) is 0 Å². The minimum atomic E-state index is -0.999. The van der Waals surface area contributed by atoms with Gasteiger partial charge < -0.3 is 14.3 Å². The number of aryl methyl sites for hydroxylation is 1. The molecule has 0 saturated heterocycles. The van der Waals surface area contributed by atoms with Gasteiger partial charge in [0.05, 0.1) is 34.0 Å². The van der Waals surface area contributed by atoms with E-state index in [1.165, 1.54) is 17.4 Å². The van der Waals surface area contributed by atoms with Gasteiger partial charge in [-0.15, -0.1) is 0 Å². The van der Waals surface area contributed by atoms with Gasteiger partial charge in [0, 0.05) is 17.2 Å². The van der Waals surface area contributed by atoms with Crippen molar-refractivity contribution in [2.24, 2.45) is 4.99 Å². The van der Waals surface area contributed by atoms with E-state index in [4.69, 9.17) is 14.1 Å². The van der Waals surface area contributed by atoms with E-state index in [1.54, 1.807) is 41.8 Å². The second-order valence-corrected chi connectivity index (χ2v) is 12.3. The molecular weight excluding hydrogens is 600 g/mol. The van der Waals surface area contributed by atoms with Gasteiger partial charge in [-0.25, -0.2) is 14.6 Å². The molecule has 9 heteroatoms. The number of hydrogen-bond acceptors (Lipinski definition) is 7. The lowest BCUT2D eigenvalue weighted by Crippen LogP contribution is -2.40. The molecule has 3 heterocycles. The van der Waals surface area contributed by atoms with E-state index in [0.29, 0.717) is 38.0 Å². The highest BCUT2D eigenvalue weighted by molar-refractivity contribution is 7.07. The van der Waals surface area contributed by atoms with Crippen LogP contribution in [0.4, 0.5) is 0 Å². The maximum absolute atomic E-state index is 14.2. The Balaban J connectivity index is 1.53. The van der Waals surface area contributed by atoms with E-state index in [2.05, 4.69) is 13.8 Å². The molecule has 2 aromatic heterocycles. The minimum Gasteiger partial charge on any atom is -0.478 e. The maximum Gasteiger partial charge on any atom is 0.338 e. The van der Waals surface area contributed by atoms with Crippen LogP contribution in [0.2, 0.25) is 0 Å². The first kappa shape index (κ1) is 30.7. The summed E-state index contributed by atoms with van der Waals surface area (Å²) in [5, 5.41) is 9.32. The van der Waals surface area contributed by atoms with Crippen LogP contribution < -0.4 is 14.9 Å². The van der Waals surface area contributed by atoms with Crippen LogP contribution >= 0.6 is 11.3 Å². The van der Waals surface area contributed by atoms with Gasteiger partial charge >= 0.3 is 11.9 Å². The summed E-state index contributed by atoms with van der Waals surface area (Å²) in [6.45, 7) is 7.97. The number of furan rings is 1. The molecule has 1 aliphatic rings. The van der Waals surface area contributed by atoms with Crippen molar-refractivity contribution < 1.29 is 23.8 Å². The van der Waals surface area contributed by atoms with E-state index >= 15 is 0 Å². The van der Waals surface area contributed by atoms with Gasteiger partial charge in [-0.05, 0) is 60.7 Å². The number of thiazole rings is 1. The Morgan fingerprint density at radius 3 is 2.43 bits per heavy atom. The number of carbonyl (C=O) groups is 2. The quantitative estimate of drug-likeness (QED) is 0.200. The summed E-state index contributed by atoms with van der Waals surface area (Å²) in [5.74, 6) is -0.216. The number of fused-ring (bicyclic) bond motifs is 1. The zero-order valence-corrected chi connectivity index (χ0v) is 26.6. The third-order valence-electron chi connectivity index (χ3n) is 7.93. The number of aromatic carboxylic acids is 1. The van der Waals surface area contributed by atoms with Crippen LogP contribution in [0.15, 0.2) is 105 Å². The normalized spacial score (nSPS) is 14.7. The van der Waals surface area contributed by atoms with Crippen LogP contribution in [0.1, 0.15) is 71.1 Å². The monoisotopic (exact) mass is 632 g/mol. The molecule has 0 aliphatic carbocycles. The fourth-order valence-corrected chi connectivity index (χ4v) is 6.58. The highest BCUT2D eigenvalue weighted by Gasteiger charge is 2.35. The second-order valence-electron chi connectivity index (χ2n) is 11.3. The van der Waals surface area contributed by atoms with Crippen LogP contribution in [0.25, 0.3) is 23.1 Å². The average Bonchev–Trinajstić information content (AvgIpc) is 3.64. The molecule has 8 nitrogen and oxygen atoms in total. The van der Waals surface area contributed by atoms with Crippen molar-refractivity contribution in [1.29, 1.82) is 0 Å². The van der Waals surface area contributed by atoms with Gasteiger partial charge in [-0.2, -0.15) is 0 Å². The molecule has 0 amide bonds. The average molecular weight is 633 g/mol. The van der Waals surface area contributed by atoms with Crippen LogP contribution in [0.3, 0.4) is 0 Å². The van der Waals surface area contributed by atoms with E-state index in [0.717, 1.165) is 27.8 Å². The molecule has 0 bridgehead atoms. The Bertz CT molecular complexity index is 2170. The van der Waals surface area contributed by atoms with E-state index in [-0.39, 0.29) is 17.7 Å². The molecule has 6 rings (SSSR count). The molecule has 0 unspecified atom stereocenters. The molecule has 0 spiro atoms. The van der Waals surface area contributed by atoms with Gasteiger partial charge in [0.2, 0.25) is 0 Å². The van der Waals surface area contributed by atoms with Gasteiger partial charge in [-0.1, -0.05) is 85.8 Å². The number of rotatable bonds is 8. The summed E-state index contributed by atoms with van der Waals surface area (Å²) >= 11 is 1.22. The number of carboxylic acids is 1. The van der Waals surface area contributed by atoms with Crippen molar-refractivity contribution in [2.45, 2.75) is 39.7 Å². The maximum atomic E-state index is 14.2. The molecule has 0 fully saturated rings. The molecule has 1 N–H and O–H groups in total. The molecule has 3 aromatic carbocycles. The lowest BCUT2D eigenvalue weighted by molar-refractivity contribution is -0.138. The number of nitrogens with zero attached hydrogens (tertiary/aromatic N) is 2. The Hall–Kier alpha value is -5.28. The Kier molecular flexibility index (Phi) is 8.42. The van der Waals surface area contributed by atoms with Crippen LogP contribution in [0.5, 0.6) is 0 Å². The Morgan fingerprint density at radius 1 is 1.04 bits per heavy atom. The van der Waals surface area contributed by atoms with Crippen LogP contribution in [-0.4, -0.2) is 28.2 Å². The van der Waals surface area contributed by atoms with Crippen LogP contribution in [-0.2, 0) is 9.53 Å². The Labute approximate surface area is 269 Å². The standard InChI is InChI=1S/C37H32N2O6S/c1-5-44-36(43)31-32(24-9-7-6-8-10-24)38-37-39(33(31)25-13-11-23(12-14-25)21(2)3)34(40)30(46-37)20-27-16-18-29(45-27)28-17-15-26(35(41)42)19-22(28)4/h6-21,33H,5H2,1-4H3,(H,41,42)/b30-20-/t33-/m1/s1. The van der Waals surface area contributed by atoms with E-state index < -0.39 is 18.0 Å². The van der Waals surface area contributed by atoms with Crippen molar-refractivity contribution in [3.8, 4) is 11.3 Å². The van der Waals surface area contributed by atoms with Crippen molar-refractivity contribution in [2.75, 3.05) is 6.61 Å². The largest absolute Gasteiger partial charge is 0.478 e. The zero-order valence-electron chi connectivity index (χ0n) is 25.8. The smallest absolute Gasteiger partial charge is 0.338 e. The summed E-state index contributed by atoms with van der Waals surface area (Å²) in [6, 6.07) is 25.0. The summed E-state index contributed by atoms with van der Waals surface area (Å²) in [5.41, 5.74) is 4.80. The lowest BCUT2D eigenvalue weighted by Gasteiger charge is -2.26. The van der Waals surface area contributed by atoms with Gasteiger partial charge in [0.25, 0.3) is 5.56 Å². The highest BCUT2D eigenvalue weighted by atomic mass is 32.1. The van der Waals surface area contributed by atoms with Crippen molar-refractivity contribution in [1.82, 2.24) is 4.57 Å². The minimum absolute atomic E-state index is 0.174. The molecule has 5 aromatic rings. The number of carboxylic acid groups (broad SMARTS) is 1. The molecule has 1 atom stereocenters. The van der Waals surface area contributed by atoms with Gasteiger partial charge in [0.1, 0.15) is 11.5 Å². The molecule has 46 heavy (non-hydrogen) atoms. The zero-order chi connectivity index (χ0) is 32.5. The summed E-state index contributed by atoms with van der Waals surface area (Å²) in [7, 11) is 0. The van der Waals surface area contributed by atoms with Crippen LogP contribution in [0, 0.1) is 6.92 Å². The summed E-state index contributed by atoms with van der Waals surface area (Å²) in [6.07, 6.45) is 1.67. The number of esters is 1. The van der Waals surface area contributed by atoms with Gasteiger partial charge in [0.15, 0.2) is 4.80 Å². The third kappa shape index (κ3) is 5.77. The third-order valence-corrected chi connectivity index (χ3v) is 8.91. The predicted octanol–water partition coefficient (Wildman–Crippen LogP) is 6.33. The first-order valence-corrected chi connectivity index (χ1v) is 15.8. The molecule has 1 aliphatic heterocycles. The summed E-state index contributed by atoms with van der Waals surface area (Å²) in [4.78, 5) is 44.6. The number of ether oxygens (including phenoxy) is 1.